The first-order valence-corrected chi connectivity index (χ1v) is 7.85. The van der Waals surface area contributed by atoms with Crippen LogP contribution in [0.5, 0.6) is 0 Å². The summed E-state index contributed by atoms with van der Waals surface area (Å²) in [5, 5.41) is 3.39. The Morgan fingerprint density at radius 3 is 2.95 bits per heavy atom. The summed E-state index contributed by atoms with van der Waals surface area (Å²) in [5.74, 6) is 0.246. The van der Waals surface area contributed by atoms with Gasteiger partial charge in [-0.25, -0.2) is 4.98 Å². The summed E-state index contributed by atoms with van der Waals surface area (Å²) in [6, 6.07) is 10.4. The molecule has 1 atom stereocenters. The highest BCUT2D eigenvalue weighted by Gasteiger charge is 2.27. The highest BCUT2D eigenvalue weighted by molar-refractivity contribution is 5.76. The molecule has 1 amide bonds. The number of carbonyl (C=O) groups excluding carboxylic acids is 1. The third-order valence-electron chi connectivity index (χ3n) is 4.11. The summed E-state index contributed by atoms with van der Waals surface area (Å²) < 4.78 is 2.01. The third-order valence-corrected chi connectivity index (χ3v) is 4.11. The lowest BCUT2D eigenvalue weighted by molar-refractivity contribution is -0.134. The van der Waals surface area contributed by atoms with Crippen LogP contribution in [-0.4, -0.2) is 40.0 Å². The van der Waals surface area contributed by atoms with E-state index in [1.54, 1.807) is 12.5 Å². The second kappa shape index (κ2) is 7.22. The molecule has 3 rings (SSSR count). The normalized spacial score (nSPS) is 18.4. The number of aryl methyl sites for hydroxylation is 1. The molecular formula is C17H22N4O. The zero-order chi connectivity index (χ0) is 15.2. The van der Waals surface area contributed by atoms with Crippen LogP contribution in [0.2, 0.25) is 0 Å². The minimum absolute atomic E-state index is 0.149. The van der Waals surface area contributed by atoms with E-state index in [2.05, 4.69) is 22.4 Å². The second-order valence-electron chi connectivity index (χ2n) is 5.62. The van der Waals surface area contributed by atoms with E-state index in [9.17, 15) is 4.79 Å². The van der Waals surface area contributed by atoms with Gasteiger partial charge in [-0.3, -0.25) is 4.79 Å². The minimum Gasteiger partial charge on any atom is -0.337 e. The molecule has 0 bridgehead atoms. The molecule has 1 aliphatic rings. The van der Waals surface area contributed by atoms with Crippen LogP contribution in [0.3, 0.4) is 0 Å². The molecular weight excluding hydrogens is 276 g/mol. The fraction of sp³-hybridized carbons (Fsp3) is 0.412. The zero-order valence-electron chi connectivity index (χ0n) is 12.7. The zero-order valence-corrected chi connectivity index (χ0v) is 12.7. The van der Waals surface area contributed by atoms with E-state index in [-0.39, 0.29) is 11.9 Å². The monoisotopic (exact) mass is 298 g/mol. The fourth-order valence-electron chi connectivity index (χ4n) is 2.95. The predicted molar refractivity (Wildman–Crippen MR) is 85.2 cm³/mol. The Morgan fingerprint density at radius 2 is 2.18 bits per heavy atom. The number of carbonyl (C=O) groups is 1. The molecule has 1 saturated heterocycles. The molecule has 1 aromatic heterocycles. The Morgan fingerprint density at radius 1 is 1.32 bits per heavy atom. The van der Waals surface area contributed by atoms with Gasteiger partial charge in [0.2, 0.25) is 5.91 Å². The Hall–Kier alpha value is -2.14. The standard InChI is InChI=1S/C17H22N4O/c22-17(7-4-10-20-11-8-19-14-20)21-12-9-18-13-16(21)15-5-2-1-3-6-15/h1-3,5-6,8,11,14,16,18H,4,7,9-10,12-13H2. The van der Waals surface area contributed by atoms with Gasteiger partial charge in [0.1, 0.15) is 0 Å². The van der Waals surface area contributed by atoms with Crippen molar-refractivity contribution in [3.8, 4) is 0 Å². The molecule has 5 nitrogen and oxygen atoms in total. The number of hydrogen-bond donors (Lipinski definition) is 1. The molecule has 1 N–H and O–H groups in total. The molecule has 0 spiro atoms. The van der Waals surface area contributed by atoms with Crippen LogP contribution in [0, 0.1) is 0 Å². The Balaban J connectivity index is 1.59. The van der Waals surface area contributed by atoms with E-state index < -0.39 is 0 Å². The first kappa shape index (κ1) is 14.8. The van der Waals surface area contributed by atoms with Crippen LogP contribution in [-0.2, 0) is 11.3 Å². The molecule has 1 unspecified atom stereocenters. The molecule has 2 heterocycles. The number of rotatable bonds is 5. The van der Waals surface area contributed by atoms with E-state index in [0.717, 1.165) is 32.6 Å². The first-order valence-electron chi connectivity index (χ1n) is 7.85. The number of aromatic nitrogens is 2. The van der Waals surface area contributed by atoms with Crippen LogP contribution in [0.25, 0.3) is 0 Å². The molecule has 0 radical (unpaired) electrons. The lowest BCUT2D eigenvalue weighted by Crippen LogP contribution is -2.48. The van der Waals surface area contributed by atoms with Gasteiger partial charge in [0.05, 0.1) is 12.4 Å². The van der Waals surface area contributed by atoms with Gasteiger partial charge in [-0.2, -0.15) is 0 Å². The molecule has 22 heavy (non-hydrogen) atoms. The van der Waals surface area contributed by atoms with Gasteiger partial charge in [0.25, 0.3) is 0 Å². The highest BCUT2D eigenvalue weighted by atomic mass is 16.2. The average molecular weight is 298 g/mol. The fourth-order valence-corrected chi connectivity index (χ4v) is 2.95. The maximum Gasteiger partial charge on any atom is 0.223 e. The molecule has 5 heteroatoms. The summed E-state index contributed by atoms with van der Waals surface area (Å²) >= 11 is 0. The van der Waals surface area contributed by atoms with Crippen molar-refractivity contribution in [1.82, 2.24) is 19.8 Å². The molecule has 0 aliphatic carbocycles. The SMILES string of the molecule is O=C(CCCn1ccnc1)N1CCNCC1c1ccccc1. The van der Waals surface area contributed by atoms with E-state index in [0.29, 0.717) is 6.42 Å². The molecule has 116 valence electrons. The van der Waals surface area contributed by atoms with Gasteiger partial charge in [-0.1, -0.05) is 30.3 Å². The van der Waals surface area contributed by atoms with Crippen molar-refractivity contribution >= 4 is 5.91 Å². The maximum absolute atomic E-state index is 12.6. The van der Waals surface area contributed by atoms with Crippen molar-refractivity contribution in [2.24, 2.45) is 0 Å². The Kier molecular flexibility index (Phi) is 4.85. The van der Waals surface area contributed by atoms with Gasteiger partial charge in [0, 0.05) is 45.0 Å². The van der Waals surface area contributed by atoms with Crippen molar-refractivity contribution in [1.29, 1.82) is 0 Å². The Bertz CT molecular complexity index is 582. The quantitative estimate of drug-likeness (QED) is 0.916. The number of amides is 1. The number of imidazole rings is 1. The van der Waals surface area contributed by atoms with Crippen LogP contribution in [0.15, 0.2) is 49.1 Å². The van der Waals surface area contributed by atoms with Crippen LogP contribution in [0.1, 0.15) is 24.4 Å². The van der Waals surface area contributed by atoms with E-state index in [1.807, 2.05) is 33.9 Å². The first-order chi connectivity index (χ1) is 10.8. The van der Waals surface area contributed by atoms with Crippen LogP contribution < -0.4 is 5.32 Å². The number of nitrogens with one attached hydrogen (secondary N) is 1. The largest absolute Gasteiger partial charge is 0.337 e. The lowest BCUT2D eigenvalue weighted by Gasteiger charge is -2.36. The average Bonchev–Trinajstić information content (AvgIpc) is 3.09. The lowest BCUT2D eigenvalue weighted by atomic mass is 10.0. The van der Waals surface area contributed by atoms with E-state index in [1.165, 1.54) is 5.56 Å². The van der Waals surface area contributed by atoms with E-state index in [4.69, 9.17) is 0 Å². The molecule has 1 aliphatic heterocycles. The Labute approximate surface area is 131 Å². The van der Waals surface area contributed by atoms with Crippen molar-refractivity contribution in [3.05, 3.63) is 54.6 Å². The molecule has 2 aromatic rings. The van der Waals surface area contributed by atoms with Gasteiger partial charge in [-0.15, -0.1) is 0 Å². The topological polar surface area (TPSA) is 50.2 Å². The van der Waals surface area contributed by atoms with Gasteiger partial charge < -0.3 is 14.8 Å². The molecule has 1 aromatic carbocycles. The molecule has 0 saturated carbocycles. The van der Waals surface area contributed by atoms with Crippen LogP contribution in [0.4, 0.5) is 0 Å². The number of piperazine rings is 1. The van der Waals surface area contributed by atoms with Gasteiger partial charge in [0.15, 0.2) is 0 Å². The number of hydrogen-bond acceptors (Lipinski definition) is 3. The van der Waals surface area contributed by atoms with Crippen LogP contribution >= 0.6 is 0 Å². The summed E-state index contributed by atoms with van der Waals surface area (Å²) in [4.78, 5) is 18.6. The third kappa shape index (κ3) is 3.54. The summed E-state index contributed by atoms with van der Waals surface area (Å²) in [6.07, 6.45) is 6.93. The highest BCUT2D eigenvalue weighted by Crippen LogP contribution is 2.23. The van der Waals surface area contributed by atoms with E-state index >= 15 is 0 Å². The number of nitrogens with zero attached hydrogens (tertiary/aromatic N) is 3. The maximum atomic E-state index is 12.6. The van der Waals surface area contributed by atoms with Crippen molar-refractivity contribution < 1.29 is 4.79 Å². The van der Waals surface area contributed by atoms with Gasteiger partial charge in [-0.05, 0) is 12.0 Å². The predicted octanol–water partition coefficient (Wildman–Crippen LogP) is 1.84. The molecule has 1 fully saturated rings. The summed E-state index contributed by atoms with van der Waals surface area (Å²) in [5.41, 5.74) is 1.21. The van der Waals surface area contributed by atoms with Crippen molar-refractivity contribution in [2.45, 2.75) is 25.4 Å². The smallest absolute Gasteiger partial charge is 0.223 e. The van der Waals surface area contributed by atoms with Crippen molar-refractivity contribution in [3.63, 3.8) is 0 Å². The van der Waals surface area contributed by atoms with Gasteiger partial charge >= 0.3 is 0 Å². The minimum atomic E-state index is 0.149. The second-order valence-corrected chi connectivity index (χ2v) is 5.62. The summed E-state index contributed by atoms with van der Waals surface area (Å²) in [6.45, 7) is 3.32. The number of benzene rings is 1. The summed E-state index contributed by atoms with van der Waals surface area (Å²) in [7, 11) is 0. The van der Waals surface area contributed by atoms with Crippen molar-refractivity contribution in [2.75, 3.05) is 19.6 Å².